The van der Waals surface area contributed by atoms with Crippen molar-refractivity contribution < 1.29 is 4.79 Å². The normalized spacial score (nSPS) is 27.2. The van der Waals surface area contributed by atoms with Gasteiger partial charge in [0.25, 0.3) is 0 Å². The highest BCUT2D eigenvalue weighted by molar-refractivity contribution is 5.86. The maximum Gasteiger partial charge on any atom is 0.230 e. The van der Waals surface area contributed by atoms with Gasteiger partial charge in [0.2, 0.25) is 5.91 Å². The van der Waals surface area contributed by atoms with Gasteiger partial charge in [-0.05, 0) is 38.5 Å². The summed E-state index contributed by atoms with van der Waals surface area (Å²) in [4.78, 5) is 15.4. The van der Waals surface area contributed by atoms with E-state index in [4.69, 9.17) is 5.73 Å². The van der Waals surface area contributed by atoms with Crippen molar-refractivity contribution in [3.05, 3.63) is 0 Å². The van der Waals surface area contributed by atoms with E-state index in [9.17, 15) is 4.79 Å². The largest absolute Gasteiger partial charge is 0.336 e. The van der Waals surface area contributed by atoms with E-state index in [0.717, 1.165) is 12.8 Å². The van der Waals surface area contributed by atoms with Crippen molar-refractivity contribution in [2.24, 2.45) is 11.1 Å². The van der Waals surface area contributed by atoms with Crippen LogP contribution in [-0.2, 0) is 4.79 Å². The van der Waals surface area contributed by atoms with Gasteiger partial charge < -0.3 is 10.6 Å². The number of hydrogen-bond acceptors (Lipinski definition) is 2. The molecule has 3 fully saturated rings. The minimum Gasteiger partial charge on any atom is -0.336 e. The smallest absolute Gasteiger partial charge is 0.230 e. The maximum absolute atomic E-state index is 13.1. The summed E-state index contributed by atoms with van der Waals surface area (Å²) in [7, 11) is 0. The zero-order chi connectivity index (χ0) is 14.0. The Morgan fingerprint density at radius 3 is 1.70 bits per heavy atom. The minimum atomic E-state index is -0.158. The van der Waals surface area contributed by atoms with Gasteiger partial charge in [-0.3, -0.25) is 4.79 Å². The highest BCUT2D eigenvalue weighted by atomic mass is 16.2. The number of nitrogens with two attached hydrogens (primary N) is 1. The fraction of sp³-hybridized carbons (Fsp3) is 0.941. The minimum absolute atomic E-state index is 0.158. The standard InChI is InChI=1S/C17H30N2O/c18-13-17(11-12-17)16(20)19(14-7-3-1-4-8-14)15-9-5-2-6-10-15/h14-15H,1-13,18H2. The van der Waals surface area contributed by atoms with E-state index in [1.54, 1.807) is 0 Å². The number of carbonyl (C=O) groups is 1. The molecule has 3 nitrogen and oxygen atoms in total. The monoisotopic (exact) mass is 278 g/mol. The first-order valence-corrected chi connectivity index (χ1v) is 8.80. The van der Waals surface area contributed by atoms with Crippen LogP contribution in [0.2, 0.25) is 0 Å². The molecule has 3 rings (SSSR count). The Hall–Kier alpha value is -0.570. The molecule has 20 heavy (non-hydrogen) atoms. The number of carbonyl (C=O) groups excluding carboxylic acids is 1. The number of nitrogens with zero attached hydrogens (tertiary/aromatic N) is 1. The molecule has 0 aliphatic heterocycles. The molecule has 0 heterocycles. The molecular formula is C17H30N2O. The molecular weight excluding hydrogens is 248 g/mol. The highest BCUT2D eigenvalue weighted by Crippen LogP contribution is 2.48. The lowest BCUT2D eigenvalue weighted by Crippen LogP contribution is -2.52. The van der Waals surface area contributed by atoms with Crippen LogP contribution in [0.15, 0.2) is 0 Å². The molecule has 0 spiro atoms. The number of hydrogen-bond donors (Lipinski definition) is 1. The summed E-state index contributed by atoms with van der Waals surface area (Å²) in [5.74, 6) is 0.416. The predicted molar refractivity (Wildman–Crippen MR) is 81.3 cm³/mol. The lowest BCUT2D eigenvalue weighted by Gasteiger charge is -2.43. The molecule has 0 atom stereocenters. The fourth-order valence-electron chi connectivity index (χ4n) is 4.28. The average molecular weight is 278 g/mol. The first kappa shape index (κ1) is 14.4. The van der Waals surface area contributed by atoms with Crippen LogP contribution in [0.3, 0.4) is 0 Å². The average Bonchev–Trinajstić information content (AvgIpc) is 3.31. The predicted octanol–water partition coefficient (Wildman–Crippen LogP) is 3.22. The lowest BCUT2D eigenvalue weighted by molar-refractivity contribution is -0.143. The Kier molecular flexibility index (Phi) is 4.34. The van der Waals surface area contributed by atoms with E-state index in [-0.39, 0.29) is 5.41 Å². The topological polar surface area (TPSA) is 46.3 Å². The highest BCUT2D eigenvalue weighted by Gasteiger charge is 2.52. The molecule has 0 saturated heterocycles. The Balaban J connectivity index is 1.76. The second-order valence-corrected chi connectivity index (χ2v) is 7.28. The summed E-state index contributed by atoms with van der Waals surface area (Å²) in [6.45, 7) is 0.557. The Morgan fingerprint density at radius 1 is 0.900 bits per heavy atom. The maximum atomic E-state index is 13.1. The van der Waals surface area contributed by atoms with Crippen molar-refractivity contribution in [2.75, 3.05) is 6.54 Å². The van der Waals surface area contributed by atoms with Crippen LogP contribution in [0.1, 0.15) is 77.0 Å². The molecule has 1 amide bonds. The molecule has 3 saturated carbocycles. The van der Waals surface area contributed by atoms with Crippen molar-refractivity contribution in [1.82, 2.24) is 4.90 Å². The Morgan fingerprint density at radius 2 is 1.35 bits per heavy atom. The molecule has 0 aromatic heterocycles. The quantitative estimate of drug-likeness (QED) is 0.858. The van der Waals surface area contributed by atoms with Crippen molar-refractivity contribution >= 4 is 5.91 Å². The SMILES string of the molecule is NCC1(C(=O)N(C2CCCCC2)C2CCCCC2)CC1. The van der Waals surface area contributed by atoms with Crippen LogP contribution in [0.5, 0.6) is 0 Å². The Bertz CT molecular complexity index is 321. The zero-order valence-corrected chi connectivity index (χ0v) is 12.8. The lowest BCUT2D eigenvalue weighted by atomic mass is 9.87. The van der Waals surface area contributed by atoms with Gasteiger partial charge in [0.05, 0.1) is 5.41 Å². The first-order chi connectivity index (χ1) is 9.77. The van der Waals surface area contributed by atoms with Gasteiger partial charge in [-0.2, -0.15) is 0 Å². The van der Waals surface area contributed by atoms with Crippen LogP contribution in [-0.4, -0.2) is 29.4 Å². The second kappa shape index (κ2) is 6.05. The van der Waals surface area contributed by atoms with Gasteiger partial charge in [-0.25, -0.2) is 0 Å². The van der Waals surface area contributed by atoms with Gasteiger partial charge >= 0.3 is 0 Å². The molecule has 3 heteroatoms. The molecule has 0 bridgehead atoms. The van der Waals surface area contributed by atoms with Gasteiger partial charge in [-0.15, -0.1) is 0 Å². The van der Waals surface area contributed by atoms with Crippen LogP contribution in [0, 0.1) is 5.41 Å². The summed E-state index contributed by atoms with van der Waals surface area (Å²) in [6, 6.07) is 1.03. The third-order valence-corrected chi connectivity index (χ3v) is 5.87. The van der Waals surface area contributed by atoms with E-state index in [0.29, 0.717) is 24.5 Å². The second-order valence-electron chi connectivity index (χ2n) is 7.28. The van der Waals surface area contributed by atoms with Crippen LogP contribution >= 0.6 is 0 Å². The van der Waals surface area contributed by atoms with Crippen LogP contribution < -0.4 is 5.73 Å². The van der Waals surface area contributed by atoms with Crippen molar-refractivity contribution in [1.29, 1.82) is 0 Å². The third-order valence-electron chi connectivity index (χ3n) is 5.87. The third kappa shape index (κ3) is 2.74. The molecule has 0 radical (unpaired) electrons. The summed E-state index contributed by atoms with van der Waals surface area (Å²) in [5, 5.41) is 0. The van der Waals surface area contributed by atoms with E-state index in [2.05, 4.69) is 4.90 Å². The molecule has 3 aliphatic carbocycles. The number of rotatable bonds is 4. The molecule has 0 aromatic rings. The number of amides is 1. The van der Waals surface area contributed by atoms with Gasteiger partial charge in [0.1, 0.15) is 0 Å². The summed E-state index contributed by atoms with van der Waals surface area (Å²) < 4.78 is 0. The molecule has 114 valence electrons. The molecule has 2 N–H and O–H groups in total. The van der Waals surface area contributed by atoms with Gasteiger partial charge in [0, 0.05) is 18.6 Å². The molecule has 3 aliphatic rings. The van der Waals surface area contributed by atoms with Crippen LogP contribution in [0.25, 0.3) is 0 Å². The van der Waals surface area contributed by atoms with E-state index >= 15 is 0 Å². The summed E-state index contributed by atoms with van der Waals surface area (Å²) in [6.07, 6.45) is 14.9. The zero-order valence-electron chi connectivity index (χ0n) is 12.8. The summed E-state index contributed by atoms with van der Waals surface area (Å²) in [5.41, 5.74) is 5.76. The molecule has 0 unspecified atom stereocenters. The fourth-order valence-corrected chi connectivity index (χ4v) is 4.28. The van der Waals surface area contributed by atoms with Crippen molar-refractivity contribution in [3.8, 4) is 0 Å². The van der Waals surface area contributed by atoms with E-state index < -0.39 is 0 Å². The van der Waals surface area contributed by atoms with Gasteiger partial charge in [-0.1, -0.05) is 38.5 Å². The van der Waals surface area contributed by atoms with Gasteiger partial charge in [0.15, 0.2) is 0 Å². The van der Waals surface area contributed by atoms with E-state index in [1.165, 1.54) is 64.2 Å². The molecule has 0 aromatic carbocycles. The Labute approximate surface area is 123 Å². The van der Waals surface area contributed by atoms with Crippen molar-refractivity contribution in [2.45, 2.75) is 89.1 Å². The van der Waals surface area contributed by atoms with Crippen LogP contribution in [0.4, 0.5) is 0 Å². The first-order valence-electron chi connectivity index (χ1n) is 8.80. The summed E-state index contributed by atoms with van der Waals surface area (Å²) >= 11 is 0. The van der Waals surface area contributed by atoms with E-state index in [1.807, 2.05) is 0 Å². The van der Waals surface area contributed by atoms with Crippen molar-refractivity contribution in [3.63, 3.8) is 0 Å².